The van der Waals surface area contributed by atoms with Crippen LogP contribution in [0.3, 0.4) is 0 Å². The summed E-state index contributed by atoms with van der Waals surface area (Å²) in [6.45, 7) is 0. The summed E-state index contributed by atoms with van der Waals surface area (Å²) < 4.78 is 6.24. The van der Waals surface area contributed by atoms with E-state index < -0.39 is 0 Å². The largest absolute Gasteiger partial charge is 0.471 e. The fourth-order valence-electron chi connectivity index (χ4n) is 2.75. The van der Waals surface area contributed by atoms with E-state index >= 15 is 0 Å². The molecule has 1 aliphatic carbocycles. The topological polar surface area (TPSA) is 9.23 Å². The Hall–Kier alpha value is -1.41. The quantitative estimate of drug-likeness (QED) is 0.689. The van der Waals surface area contributed by atoms with Gasteiger partial charge in [0.05, 0.1) is 4.90 Å². The number of aryl methyl sites for hydroxylation is 1. The number of fused-ring (bicyclic) bond motifs is 3. The van der Waals surface area contributed by atoms with Crippen LogP contribution in [0, 0.1) is 0 Å². The number of thioether (sulfide) groups is 1. The van der Waals surface area contributed by atoms with Gasteiger partial charge in [-0.25, -0.2) is 0 Å². The van der Waals surface area contributed by atoms with Crippen molar-refractivity contribution < 1.29 is 4.74 Å². The van der Waals surface area contributed by atoms with Crippen molar-refractivity contribution in [2.24, 2.45) is 0 Å². The Bertz CT molecular complexity index is 566. The van der Waals surface area contributed by atoms with Crippen LogP contribution in [0.2, 0.25) is 0 Å². The van der Waals surface area contributed by atoms with Crippen molar-refractivity contribution in [1.29, 1.82) is 0 Å². The zero-order chi connectivity index (χ0) is 11.3. The molecule has 2 aromatic carbocycles. The van der Waals surface area contributed by atoms with Gasteiger partial charge in [0.2, 0.25) is 0 Å². The maximum absolute atomic E-state index is 6.24. The molecule has 1 spiro atoms. The molecule has 17 heavy (non-hydrogen) atoms. The van der Waals surface area contributed by atoms with Gasteiger partial charge in [0, 0.05) is 12.0 Å². The van der Waals surface area contributed by atoms with Gasteiger partial charge in [-0.05, 0) is 24.1 Å². The molecule has 84 valence electrons. The molecule has 0 bridgehead atoms. The molecule has 2 aliphatic rings. The van der Waals surface area contributed by atoms with Crippen molar-refractivity contribution in [2.45, 2.75) is 22.7 Å². The minimum Gasteiger partial charge on any atom is -0.471 e. The van der Waals surface area contributed by atoms with Gasteiger partial charge in [0.25, 0.3) is 0 Å². The molecule has 2 heteroatoms. The van der Waals surface area contributed by atoms with Crippen molar-refractivity contribution in [3.05, 3.63) is 59.7 Å². The first-order valence-corrected chi connectivity index (χ1v) is 6.74. The van der Waals surface area contributed by atoms with E-state index in [1.165, 1.54) is 16.0 Å². The van der Waals surface area contributed by atoms with E-state index in [-0.39, 0.29) is 4.93 Å². The van der Waals surface area contributed by atoms with Crippen molar-refractivity contribution >= 4 is 11.8 Å². The van der Waals surface area contributed by atoms with Crippen LogP contribution in [-0.4, -0.2) is 0 Å². The number of hydrogen-bond donors (Lipinski definition) is 0. The Morgan fingerprint density at radius 1 is 1.00 bits per heavy atom. The summed E-state index contributed by atoms with van der Waals surface area (Å²) in [6, 6.07) is 17.0. The lowest BCUT2D eigenvalue weighted by molar-refractivity contribution is 0.176. The number of rotatable bonds is 0. The van der Waals surface area contributed by atoms with Gasteiger partial charge < -0.3 is 4.74 Å². The van der Waals surface area contributed by atoms with Gasteiger partial charge in [0.1, 0.15) is 5.75 Å². The lowest BCUT2D eigenvalue weighted by Gasteiger charge is -2.23. The third kappa shape index (κ3) is 1.27. The van der Waals surface area contributed by atoms with E-state index in [1.54, 1.807) is 0 Å². The molecule has 0 radical (unpaired) electrons. The van der Waals surface area contributed by atoms with E-state index in [2.05, 4.69) is 42.5 Å². The van der Waals surface area contributed by atoms with Gasteiger partial charge in [-0.2, -0.15) is 0 Å². The van der Waals surface area contributed by atoms with E-state index in [0.29, 0.717) is 0 Å². The highest BCUT2D eigenvalue weighted by Crippen LogP contribution is 2.58. The highest BCUT2D eigenvalue weighted by molar-refractivity contribution is 8.00. The van der Waals surface area contributed by atoms with Crippen LogP contribution in [0.5, 0.6) is 5.75 Å². The van der Waals surface area contributed by atoms with Gasteiger partial charge >= 0.3 is 0 Å². The first kappa shape index (κ1) is 9.60. The lowest BCUT2D eigenvalue weighted by Crippen LogP contribution is -2.22. The van der Waals surface area contributed by atoms with Gasteiger partial charge in [-0.1, -0.05) is 48.2 Å². The minimum atomic E-state index is -0.153. The molecule has 0 aromatic heterocycles. The summed E-state index contributed by atoms with van der Waals surface area (Å²) in [5.74, 6) is 1.04. The summed E-state index contributed by atoms with van der Waals surface area (Å²) in [6.07, 6.45) is 2.20. The van der Waals surface area contributed by atoms with E-state index in [1.807, 2.05) is 17.8 Å². The number of benzene rings is 2. The van der Waals surface area contributed by atoms with Gasteiger partial charge in [-0.3, -0.25) is 0 Å². The normalized spacial score (nSPS) is 24.5. The van der Waals surface area contributed by atoms with Gasteiger partial charge in [0.15, 0.2) is 4.93 Å². The van der Waals surface area contributed by atoms with Crippen LogP contribution >= 0.6 is 11.8 Å². The molecule has 0 saturated heterocycles. The molecule has 0 N–H and O–H groups in total. The average molecular weight is 240 g/mol. The zero-order valence-electron chi connectivity index (χ0n) is 9.35. The molecule has 0 fully saturated rings. The van der Waals surface area contributed by atoms with Crippen LogP contribution in [-0.2, 0) is 11.4 Å². The monoisotopic (exact) mass is 240 g/mol. The van der Waals surface area contributed by atoms with Crippen molar-refractivity contribution in [1.82, 2.24) is 0 Å². The summed E-state index contributed by atoms with van der Waals surface area (Å²) in [5.41, 5.74) is 2.80. The number of hydrogen-bond acceptors (Lipinski definition) is 2. The summed E-state index contributed by atoms with van der Waals surface area (Å²) >= 11 is 1.87. The first-order chi connectivity index (χ1) is 8.37. The van der Waals surface area contributed by atoms with E-state index in [9.17, 15) is 0 Å². The van der Waals surface area contributed by atoms with Crippen molar-refractivity contribution in [3.63, 3.8) is 0 Å². The SMILES string of the molecule is c1ccc2c(c1)CCC21Oc2ccccc2S1. The molecule has 2 aromatic rings. The Balaban J connectivity index is 1.84. The summed E-state index contributed by atoms with van der Waals surface area (Å²) in [5, 5.41) is 0. The molecule has 1 heterocycles. The Morgan fingerprint density at radius 2 is 1.82 bits per heavy atom. The van der Waals surface area contributed by atoms with Crippen LogP contribution in [0.15, 0.2) is 53.4 Å². The Labute approximate surface area is 105 Å². The van der Waals surface area contributed by atoms with Crippen LogP contribution in [0.1, 0.15) is 17.5 Å². The third-order valence-electron chi connectivity index (χ3n) is 3.55. The minimum absolute atomic E-state index is 0.153. The molecule has 4 rings (SSSR count). The van der Waals surface area contributed by atoms with Crippen LogP contribution < -0.4 is 4.74 Å². The second-order valence-electron chi connectivity index (χ2n) is 4.56. The maximum Gasteiger partial charge on any atom is 0.185 e. The predicted molar refractivity (Wildman–Crippen MR) is 69.4 cm³/mol. The highest BCUT2D eigenvalue weighted by atomic mass is 32.2. The number of ether oxygens (including phenoxy) is 1. The molecule has 1 atom stereocenters. The molecule has 1 aliphatic heterocycles. The molecule has 1 unspecified atom stereocenters. The molecule has 0 saturated carbocycles. The van der Waals surface area contributed by atoms with E-state index in [4.69, 9.17) is 4.74 Å². The first-order valence-electron chi connectivity index (χ1n) is 5.93. The second-order valence-corrected chi connectivity index (χ2v) is 5.86. The van der Waals surface area contributed by atoms with E-state index in [0.717, 1.165) is 18.6 Å². The standard InChI is InChI=1S/C15H12OS/c1-2-6-12-11(5-1)9-10-15(12)16-13-7-3-4-8-14(13)17-15/h1-8H,9-10H2. The second kappa shape index (κ2) is 3.30. The molecular formula is C15H12OS. The smallest absolute Gasteiger partial charge is 0.185 e. The third-order valence-corrected chi connectivity index (χ3v) is 4.94. The molecule has 1 nitrogen and oxygen atoms in total. The Morgan fingerprint density at radius 3 is 2.76 bits per heavy atom. The predicted octanol–water partition coefficient (Wildman–Crippen LogP) is 3.97. The van der Waals surface area contributed by atoms with Crippen molar-refractivity contribution in [3.8, 4) is 5.75 Å². The number of para-hydroxylation sites is 1. The molecular weight excluding hydrogens is 228 g/mol. The highest BCUT2D eigenvalue weighted by Gasteiger charge is 2.46. The van der Waals surface area contributed by atoms with Gasteiger partial charge in [-0.15, -0.1) is 0 Å². The van der Waals surface area contributed by atoms with Crippen molar-refractivity contribution in [2.75, 3.05) is 0 Å². The fraction of sp³-hybridized carbons (Fsp3) is 0.200. The Kier molecular flexibility index (Phi) is 1.86. The summed E-state index contributed by atoms with van der Waals surface area (Å²) in [4.78, 5) is 1.12. The fourth-order valence-corrected chi connectivity index (χ4v) is 4.11. The lowest BCUT2D eigenvalue weighted by atomic mass is 10.1. The van der Waals surface area contributed by atoms with Crippen LogP contribution in [0.25, 0.3) is 0 Å². The molecule has 0 amide bonds. The summed E-state index contributed by atoms with van der Waals surface area (Å²) in [7, 11) is 0. The maximum atomic E-state index is 6.24. The average Bonchev–Trinajstić information content (AvgIpc) is 2.92. The van der Waals surface area contributed by atoms with Crippen LogP contribution in [0.4, 0.5) is 0 Å². The zero-order valence-corrected chi connectivity index (χ0v) is 10.2.